The molecule has 7 heteroatoms. The lowest BCUT2D eigenvalue weighted by atomic mass is 10.3. The SMILES string of the molecule is COCCCOc1cc(C(F)(F)F)ncc1N. The average Bonchev–Trinajstić information content (AvgIpc) is 2.25. The second-order valence-electron chi connectivity index (χ2n) is 3.30. The van der Waals surface area contributed by atoms with Crippen LogP contribution in [-0.4, -0.2) is 25.3 Å². The first kappa shape index (κ1) is 13.6. The van der Waals surface area contributed by atoms with Crippen molar-refractivity contribution in [1.29, 1.82) is 0 Å². The number of nitrogen functional groups attached to an aromatic ring is 1. The quantitative estimate of drug-likeness (QED) is 0.813. The highest BCUT2D eigenvalue weighted by atomic mass is 19.4. The molecule has 0 aliphatic rings. The van der Waals surface area contributed by atoms with E-state index in [9.17, 15) is 13.2 Å². The largest absolute Gasteiger partial charge is 0.491 e. The van der Waals surface area contributed by atoms with E-state index in [0.29, 0.717) is 13.0 Å². The summed E-state index contributed by atoms with van der Waals surface area (Å²) in [5.41, 5.74) is 4.52. The smallest absolute Gasteiger partial charge is 0.433 e. The fourth-order valence-corrected chi connectivity index (χ4v) is 1.11. The number of methoxy groups -OCH3 is 1. The summed E-state index contributed by atoms with van der Waals surface area (Å²) in [5.74, 6) is -0.0107. The average molecular weight is 250 g/mol. The number of pyridine rings is 1. The van der Waals surface area contributed by atoms with Crippen molar-refractivity contribution in [3.05, 3.63) is 18.0 Å². The third-order valence-corrected chi connectivity index (χ3v) is 1.94. The third kappa shape index (κ3) is 4.10. The Balaban J connectivity index is 2.70. The molecule has 0 saturated heterocycles. The number of ether oxygens (including phenoxy) is 2. The van der Waals surface area contributed by atoms with Crippen LogP contribution in [0.3, 0.4) is 0 Å². The van der Waals surface area contributed by atoms with Crippen LogP contribution in [-0.2, 0) is 10.9 Å². The summed E-state index contributed by atoms with van der Waals surface area (Å²) in [6.45, 7) is 0.705. The number of nitrogens with two attached hydrogens (primary N) is 1. The number of anilines is 1. The zero-order valence-electron chi connectivity index (χ0n) is 9.25. The lowest BCUT2D eigenvalue weighted by Gasteiger charge is -2.11. The van der Waals surface area contributed by atoms with Gasteiger partial charge in [-0.05, 0) is 0 Å². The van der Waals surface area contributed by atoms with Crippen LogP contribution in [0.25, 0.3) is 0 Å². The molecule has 1 rings (SSSR count). The molecule has 0 atom stereocenters. The first-order chi connectivity index (χ1) is 7.95. The Kier molecular flexibility index (Phi) is 4.56. The van der Waals surface area contributed by atoms with Crippen molar-refractivity contribution in [1.82, 2.24) is 4.98 Å². The summed E-state index contributed by atoms with van der Waals surface area (Å²) in [6, 6.07) is 0.794. The van der Waals surface area contributed by atoms with E-state index in [1.165, 1.54) is 7.11 Å². The summed E-state index contributed by atoms with van der Waals surface area (Å²) >= 11 is 0. The van der Waals surface area contributed by atoms with Crippen LogP contribution in [0.2, 0.25) is 0 Å². The summed E-state index contributed by atoms with van der Waals surface area (Å²) in [6.07, 6.45) is -2.99. The number of halogens is 3. The number of aromatic nitrogens is 1. The Labute approximate surface area is 96.5 Å². The molecule has 96 valence electrons. The van der Waals surface area contributed by atoms with Crippen molar-refractivity contribution < 1.29 is 22.6 Å². The molecular formula is C10H13F3N2O2. The van der Waals surface area contributed by atoms with Gasteiger partial charge in [0.25, 0.3) is 0 Å². The molecule has 2 N–H and O–H groups in total. The molecule has 0 spiro atoms. The summed E-state index contributed by atoms with van der Waals surface area (Å²) in [7, 11) is 1.53. The van der Waals surface area contributed by atoms with Gasteiger partial charge in [-0.15, -0.1) is 0 Å². The van der Waals surface area contributed by atoms with Gasteiger partial charge in [-0.3, -0.25) is 0 Å². The minimum Gasteiger partial charge on any atom is -0.491 e. The maximum atomic E-state index is 12.4. The minimum absolute atomic E-state index is 0.0107. The minimum atomic E-state index is -4.50. The molecule has 0 bridgehead atoms. The molecule has 0 saturated carbocycles. The van der Waals surface area contributed by atoms with Crippen molar-refractivity contribution in [3.8, 4) is 5.75 Å². The second kappa shape index (κ2) is 5.72. The molecule has 1 aromatic heterocycles. The molecule has 1 aromatic rings. The Morgan fingerprint density at radius 1 is 1.35 bits per heavy atom. The Morgan fingerprint density at radius 2 is 2.06 bits per heavy atom. The zero-order chi connectivity index (χ0) is 12.9. The highest BCUT2D eigenvalue weighted by Gasteiger charge is 2.33. The summed E-state index contributed by atoms with van der Waals surface area (Å²) in [4.78, 5) is 3.20. The number of alkyl halides is 3. The number of nitrogens with zero attached hydrogens (tertiary/aromatic N) is 1. The predicted molar refractivity (Wildman–Crippen MR) is 55.6 cm³/mol. The van der Waals surface area contributed by atoms with Gasteiger partial charge in [0.2, 0.25) is 0 Å². The van der Waals surface area contributed by atoms with Gasteiger partial charge in [0, 0.05) is 26.2 Å². The Morgan fingerprint density at radius 3 is 2.65 bits per heavy atom. The van der Waals surface area contributed by atoms with Crippen LogP contribution < -0.4 is 10.5 Å². The van der Waals surface area contributed by atoms with E-state index in [-0.39, 0.29) is 18.0 Å². The van der Waals surface area contributed by atoms with Crippen LogP contribution in [0.5, 0.6) is 5.75 Å². The molecule has 0 unspecified atom stereocenters. The van der Waals surface area contributed by atoms with Gasteiger partial charge in [-0.2, -0.15) is 13.2 Å². The van der Waals surface area contributed by atoms with E-state index in [1.807, 2.05) is 0 Å². The molecule has 17 heavy (non-hydrogen) atoms. The highest BCUT2D eigenvalue weighted by Crippen LogP contribution is 2.32. The van der Waals surface area contributed by atoms with Crippen LogP contribution in [0.4, 0.5) is 18.9 Å². The predicted octanol–water partition coefficient (Wildman–Crippen LogP) is 2.10. The molecule has 0 fully saturated rings. The number of hydrogen-bond donors (Lipinski definition) is 1. The van der Waals surface area contributed by atoms with Gasteiger partial charge in [-0.1, -0.05) is 0 Å². The number of rotatable bonds is 5. The summed E-state index contributed by atoms with van der Waals surface area (Å²) in [5, 5.41) is 0. The zero-order valence-corrected chi connectivity index (χ0v) is 9.25. The topological polar surface area (TPSA) is 57.4 Å². The van der Waals surface area contributed by atoms with Crippen molar-refractivity contribution >= 4 is 5.69 Å². The van der Waals surface area contributed by atoms with E-state index in [1.54, 1.807) is 0 Å². The summed E-state index contributed by atoms with van der Waals surface area (Å²) < 4.78 is 47.0. The molecule has 1 heterocycles. The Hall–Kier alpha value is -1.50. The maximum absolute atomic E-state index is 12.4. The lowest BCUT2D eigenvalue weighted by Crippen LogP contribution is -2.10. The molecule has 0 aromatic carbocycles. The van der Waals surface area contributed by atoms with Gasteiger partial charge in [0.15, 0.2) is 0 Å². The molecule has 4 nitrogen and oxygen atoms in total. The van der Waals surface area contributed by atoms with Crippen molar-refractivity contribution in [2.45, 2.75) is 12.6 Å². The molecule has 0 aliphatic carbocycles. The van der Waals surface area contributed by atoms with Crippen molar-refractivity contribution in [3.63, 3.8) is 0 Å². The molecule has 0 amide bonds. The van der Waals surface area contributed by atoms with E-state index in [4.69, 9.17) is 15.2 Å². The van der Waals surface area contributed by atoms with Crippen LogP contribution >= 0.6 is 0 Å². The first-order valence-electron chi connectivity index (χ1n) is 4.89. The van der Waals surface area contributed by atoms with Crippen LogP contribution in [0.15, 0.2) is 12.3 Å². The van der Waals surface area contributed by atoms with Gasteiger partial charge >= 0.3 is 6.18 Å². The maximum Gasteiger partial charge on any atom is 0.433 e. The lowest BCUT2D eigenvalue weighted by molar-refractivity contribution is -0.141. The normalized spacial score (nSPS) is 11.5. The monoisotopic (exact) mass is 250 g/mol. The van der Waals surface area contributed by atoms with E-state index in [0.717, 1.165) is 12.3 Å². The fourth-order valence-electron chi connectivity index (χ4n) is 1.11. The third-order valence-electron chi connectivity index (χ3n) is 1.94. The van der Waals surface area contributed by atoms with E-state index >= 15 is 0 Å². The van der Waals surface area contributed by atoms with Gasteiger partial charge in [0.05, 0.1) is 18.5 Å². The van der Waals surface area contributed by atoms with Crippen LogP contribution in [0, 0.1) is 0 Å². The highest BCUT2D eigenvalue weighted by molar-refractivity contribution is 5.51. The fraction of sp³-hybridized carbons (Fsp3) is 0.500. The van der Waals surface area contributed by atoms with Crippen LogP contribution in [0.1, 0.15) is 12.1 Å². The Bertz CT molecular complexity index is 369. The van der Waals surface area contributed by atoms with Crippen molar-refractivity contribution in [2.75, 3.05) is 26.1 Å². The van der Waals surface area contributed by atoms with Crippen molar-refractivity contribution in [2.24, 2.45) is 0 Å². The van der Waals surface area contributed by atoms with Gasteiger partial charge in [0.1, 0.15) is 11.4 Å². The molecular weight excluding hydrogens is 237 g/mol. The molecule has 0 aliphatic heterocycles. The van der Waals surface area contributed by atoms with E-state index in [2.05, 4.69) is 4.98 Å². The molecule has 0 radical (unpaired) electrons. The number of hydrogen-bond acceptors (Lipinski definition) is 4. The van der Waals surface area contributed by atoms with E-state index < -0.39 is 11.9 Å². The second-order valence-corrected chi connectivity index (χ2v) is 3.30. The van der Waals surface area contributed by atoms with Gasteiger partial charge < -0.3 is 15.2 Å². The first-order valence-corrected chi connectivity index (χ1v) is 4.89. The standard InChI is InChI=1S/C10H13F3N2O2/c1-16-3-2-4-17-8-5-9(10(11,12)13)15-6-7(8)14/h5-6H,2-4,14H2,1H3. The van der Waals surface area contributed by atoms with Gasteiger partial charge in [-0.25, -0.2) is 4.98 Å².